The van der Waals surface area contributed by atoms with Crippen molar-refractivity contribution in [1.82, 2.24) is 3.97 Å². The van der Waals surface area contributed by atoms with Crippen LogP contribution in [0.3, 0.4) is 0 Å². The number of hydrogen-bond acceptors (Lipinski definition) is 4. The third-order valence-corrected chi connectivity index (χ3v) is 5.86. The van der Waals surface area contributed by atoms with E-state index in [1.807, 2.05) is 0 Å². The van der Waals surface area contributed by atoms with Crippen LogP contribution in [0.4, 0.5) is 13.2 Å². The number of ketones is 1. The molecule has 3 rings (SSSR count). The number of carbonyl (C=O) groups excluding carboxylic acids is 1. The van der Waals surface area contributed by atoms with Gasteiger partial charge in [-0.1, -0.05) is 17.7 Å². The van der Waals surface area contributed by atoms with Gasteiger partial charge >= 0.3 is 6.18 Å². The summed E-state index contributed by atoms with van der Waals surface area (Å²) in [6.07, 6.45) is -4.59. The molecule has 5 nitrogen and oxygen atoms in total. The zero-order valence-electron chi connectivity index (χ0n) is 14.1. The fraction of sp³-hybridized carbons (Fsp3) is 0.167. The van der Waals surface area contributed by atoms with E-state index >= 15 is 0 Å². The smallest absolute Gasteiger partial charge is 0.324 e. The molecule has 0 spiro atoms. The van der Waals surface area contributed by atoms with E-state index in [9.17, 15) is 26.4 Å². The molecule has 142 valence electrons. The van der Waals surface area contributed by atoms with Crippen molar-refractivity contribution >= 4 is 26.7 Å². The molecule has 0 atom stereocenters. The second-order valence-electron chi connectivity index (χ2n) is 6.01. The quantitative estimate of drug-likeness (QED) is 0.686. The molecular weight excluding hydrogens is 381 g/mol. The van der Waals surface area contributed by atoms with E-state index in [0.29, 0.717) is 0 Å². The lowest BCUT2D eigenvalue weighted by Gasteiger charge is -2.12. The monoisotopic (exact) mass is 396 g/mol. The number of benzene rings is 2. The number of hydrogen-bond donors (Lipinski definition) is 1. The molecule has 1 aromatic heterocycles. The topological polar surface area (TPSA) is 82.2 Å². The van der Waals surface area contributed by atoms with E-state index < -0.39 is 34.1 Å². The van der Waals surface area contributed by atoms with Gasteiger partial charge in [0.15, 0.2) is 5.78 Å². The maximum absolute atomic E-state index is 13.1. The van der Waals surface area contributed by atoms with E-state index in [1.54, 1.807) is 19.1 Å². The van der Waals surface area contributed by atoms with Gasteiger partial charge in [0.25, 0.3) is 10.0 Å². The normalized spacial score (nSPS) is 12.5. The minimum atomic E-state index is -4.59. The first-order valence-electron chi connectivity index (χ1n) is 7.84. The first kappa shape index (κ1) is 19.1. The molecule has 9 heteroatoms. The standard InChI is InChI=1S/C18H15F3N2O3S/c1-11-2-5-14(6-3-11)27(25,26)23-15-7-4-13(18(19,20)21)8-12(15)9-16(23)17(24)10-22/h2-9H,10,22H2,1H3. The first-order valence-corrected chi connectivity index (χ1v) is 9.28. The van der Waals surface area contributed by atoms with Crippen LogP contribution in [0.1, 0.15) is 21.6 Å². The molecular formula is C18H15F3N2O3S. The molecule has 0 radical (unpaired) electrons. The number of aryl methyl sites for hydroxylation is 1. The van der Waals surface area contributed by atoms with Gasteiger partial charge in [-0.25, -0.2) is 12.4 Å². The van der Waals surface area contributed by atoms with Crippen molar-refractivity contribution in [2.24, 2.45) is 5.73 Å². The molecule has 1 heterocycles. The van der Waals surface area contributed by atoms with Crippen molar-refractivity contribution in [2.45, 2.75) is 18.0 Å². The summed E-state index contributed by atoms with van der Waals surface area (Å²) in [6, 6.07) is 9.66. The van der Waals surface area contributed by atoms with Gasteiger partial charge in [0.05, 0.1) is 22.5 Å². The van der Waals surface area contributed by atoms with Crippen LogP contribution in [0.5, 0.6) is 0 Å². The largest absolute Gasteiger partial charge is 0.416 e. The summed E-state index contributed by atoms with van der Waals surface area (Å²) in [4.78, 5) is 12.1. The predicted molar refractivity (Wildman–Crippen MR) is 94.1 cm³/mol. The number of nitrogens with zero attached hydrogens (tertiary/aromatic N) is 1. The van der Waals surface area contributed by atoms with Crippen molar-refractivity contribution in [3.05, 3.63) is 65.4 Å². The van der Waals surface area contributed by atoms with Crippen LogP contribution in [0.2, 0.25) is 0 Å². The maximum Gasteiger partial charge on any atom is 0.416 e. The predicted octanol–water partition coefficient (Wildman–Crippen LogP) is 3.35. The van der Waals surface area contributed by atoms with E-state index in [4.69, 9.17) is 5.73 Å². The number of Topliss-reactive ketones (excluding diaryl/α,β-unsaturated/α-hetero) is 1. The Bertz CT molecular complexity index is 1130. The van der Waals surface area contributed by atoms with Gasteiger partial charge < -0.3 is 5.73 Å². The molecule has 0 saturated carbocycles. The zero-order valence-corrected chi connectivity index (χ0v) is 14.9. The van der Waals surface area contributed by atoms with Crippen LogP contribution in [-0.2, 0) is 16.2 Å². The number of halogens is 3. The van der Waals surface area contributed by atoms with Crippen LogP contribution in [0.15, 0.2) is 53.4 Å². The lowest BCUT2D eigenvalue weighted by Crippen LogP contribution is -2.22. The molecule has 3 aromatic rings. The van der Waals surface area contributed by atoms with Crippen molar-refractivity contribution < 1.29 is 26.4 Å². The molecule has 0 aliphatic rings. The Balaban J connectivity index is 2.32. The number of aromatic nitrogens is 1. The van der Waals surface area contributed by atoms with Gasteiger partial charge in [-0.15, -0.1) is 0 Å². The highest BCUT2D eigenvalue weighted by atomic mass is 32.2. The Kier molecular flexibility index (Phi) is 4.61. The summed E-state index contributed by atoms with van der Waals surface area (Å²) >= 11 is 0. The van der Waals surface area contributed by atoms with Crippen molar-refractivity contribution in [1.29, 1.82) is 0 Å². The molecule has 0 aliphatic carbocycles. The Labute approximate surface area is 153 Å². The molecule has 2 N–H and O–H groups in total. The second kappa shape index (κ2) is 6.50. The number of alkyl halides is 3. The summed E-state index contributed by atoms with van der Waals surface area (Å²) in [5.41, 5.74) is 4.94. The van der Waals surface area contributed by atoms with E-state index in [0.717, 1.165) is 33.8 Å². The minimum Gasteiger partial charge on any atom is -0.324 e. The average molecular weight is 396 g/mol. The molecule has 0 fully saturated rings. The first-order chi connectivity index (χ1) is 12.6. The van der Waals surface area contributed by atoms with Crippen LogP contribution in [0.25, 0.3) is 10.9 Å². The van der Waals surface area contributed by atoms with Crippen LogP contribution < -0.4 is 5.73 Å². The molecule has 0 aliphatic heterocycles. The van der Waals surface area contributed by atoms with Gasteiger partial charge in [-0.05, 0) is 43.3 Å². The second-order valence-corrected chi connectivity index (χ2v) is 7.80. The summed E-state index contributed by atoms with van der Waals surface area (Å²) in [7, 11) is -4.21. The highest BCUT2D eigenvalue weighted by molar-refractivity contribution is 7.90. The molecule has 0 amide bonds. The van der Waals surface area contributed by atoms with Crippen LogP contribution >= 0.6 is 0 Å². The number of rotatable bonds is 4. The van der Waals surface area contributed by atoms with Crippen molar-refractivity contribution in [3.63, 3.8) is 0 Å². The van der Waals surface area contributed by atoms with E-state index in [2.05, 4.69) is 0 Å². The summed E-state index contributed by atoms with van der Waals surface area (Å²) < 4.78 is 65.9. The molecule has 0 unspecified atom stereocenters. The van der Waals surface area contributed by atoms with Crippen molar-refractivity contribution in [3.8, 4) is 0 Å². The highest BCUT2D eigenvalue weighted by Gasteiger charge is 2.32. The molecule has 2 aromatic carbocycles. The Hall–Kier alpha value is -2.65. The fourth-order valence-electron chi connectivity index (χ4n) is 2.74. The molecule has 0 saturated heterocycles. The third kappa shape index (κ3) is 3.35. The maximum atomic E-state index is 13.1. The summed E-state index contributed by atoms with van der Waals surface area (Å²) in [5.74, 6) is -0.699. The SMILES string of the molecule is Cc1ccc(S(=O)(=O)n2c(C(=O)CN)cc3cc(C(F)(F)F)ccc32)cc1. The third-order valence-electron chi connectivity index (χ3n) is 4.11. The van der Waals surface area contributed by atoms with Gasteiger partial charge in [0.1, 0.15) is 5.69 Å². The number of nitrogens with two attached hydrogens (primary N) is 1. The van der Waals surface area contributed by atoms with Crippen LogP contribution in [-0.4, -0.2) is 24.7 Å². The molecule has 27 heavy (non-hydrogen) atoms. The van der Waals surface area contributed by atoms with Gasteiger partial charge in [-0.2, -0.15) is 13.2 Å². The van der Waals surface area contributed by atoms with Crippen LogP contribution in [0, 0.1) is 6.92 Å². The summed E-state index contributed by atoms with van der Waals surface area (Å²) in [5, 5.41) is -0.0164. The average Bonchev–Trinajstić information content (AvgIpc) is 3.00. The molecule has 0 bridgehead atoms. The van der Waals surface area contributed by atoms with Gasteiger partial charge in [0, 0.05) is 5.39 Å². The Morgan fingerprint density at radius 3 is 2.26 bits per heavy atom. The lowest BCUT2D eigenvalue weighted by molar-refractivity contribution is -0.137. The number of carbonyl (C=O) groups is 1. The van der Waals surface area contributed by atoms with Gasteiger partial charge in [-0.3, -0.25) is 4.79 Å². The minimum absolute atomic E-state index is 0.0164. The van der Waals surface area contributed by atoms with E-state index in [-0.39, 0.29) is 21.5 Å². The Morgan fingerprint density at radius 2 is 1.70 bits per heavy atom. The number of fused-ring (bicyclic) bond motifs is 1. The zero-order chi connectivity index (χ0) is 20.0. The Morgan fingerprint density at radius 1 is 1.07 bits per heavy atom. The fourth-order valence-corrected chi connectivity index (χ4v) is 4.27. The lowest BCUT2D eigenvalue weighted by atomic mass is 10.1. The summed E-state index contributed by atoms with van der Waals surface area (Å²) in [6.45, 7) is 1.30. The van der Waals surface area contributed by atoms with E-state index in [1.165, 1.54) is 12.1 Å². The van der Waals surface area contributed by atoms with Gasteiger partial charge in [0.2, 0.25) is 0 Å². The highest BCUT2D eigenvalue weighted by Crippen LogP contribution is 2.33. The van der Waals surface area contributed by atoms with Crippen molar-refractivity contribution in [2.75, 3.05) is 6.54 Å².